The molecule has 0 radical (unpaired) electrons. The molecule has 2 aliphatic heterocycles. The maximum absolute atomic E-state index is 14.0. The number of nitriles is 4. The highest BCUT2D eigenvalue weighted by Gasteiger charge is 2.46. The van der Waals surface area contributed by atoms with Gasteiger partial charge in [-0.25, -0.2) is 0 Å². The molecule has 148 valence electrons. The summed E-state index contributed by atoms with van der Waals surface area (Å²) in [5.41, 5.74) is -6.99. The van der Waals surface area contributed by atoms with Gasteiger partial charge >= 0.3 is 12.4 Å². The number of aromatic nitrogens is 2. The van der Waals surface area contributed by atoms with Crippen molar-refractivity contribution in [2.45, 2.75) is 12.4 Å². The van der Waals surface area contributed by atoms with Crippen LogP contribution in [0.5, 0.6) is 0 Å². The summed E-state index contributed by atoms with van der Waals surface area (Å²) in [5, 5.41) is 34.4. The molecule has 2 aliphatic rings. The molecular weight excluding hydrogens is 416 g/mol. The van der Waals surface area contributed by atoms with Crippen LogP contribution >= 0.6 is 0 Å². The van der Waals surface area contributed by atoms with Crippen molar-refractivity contribution in [1.29, 1.82) is 21.0 Å². The summed E-state index contributed by atoms with van der Waals surface area (Å²) in [7, 11) is 0. The van der Waals surface area contributed by atoms with E-state index in [-0.39, 0.29) is 8.97 Å². The van der Waals surface area contributed by atoms with Gasteiger partial charge in [0.05, 0.1) is 22.7 Å². The maximum atomic E-state index is 14.0. The third kappa shape index (κ3) is 2.78. The second-order valence-electron chi connectivity index (χ2n) is 5.69. The predicted molar refractivity (Wildman–Crippen MR) is 83.8 cm³/mol. The first-order valence-electron chi connectivity index (χ1n) is 7.54. The molecule has 0 amide bonds. The Morgan fingerprint density at radius 3 is 1.93 bits per heavy atom. The van der Waals surface area contributed by atoms with Crippen LogP contribution in [0.25, 0.3) is 17.3 Å². The summed E-state index contributed by atoms with van der Waals surface area (Å²) in [6.45, 7) is 0. The van der Waals surface area contributed by atoms with Crippen LogP contribution in [0, 0.1) is 45.4 Å². The van der Waals surface area contributed by atoms with Crippen molar-refractivity contribution in [1.82, 2.24) is 8.97 Å². The fourth-order valence-electron chi connectivity index (χ4n) is 3.15. The highest BCUT2D eigenvalue weighted by molar-refractivity contribution is 5.70. The predicted octanol–water partition coefficient (Wildman–Crippen LogP) is 2.35. The second-order valence-corrected chi connectivity index (χ2v) is 5.69. The smallest absolute Gasteiger partial charge is 0.307 e. The zero-order valence-corrected chi connectivity index (χ0v) is 14.1. The van der Waals surface area contributed by atoms with E-state index >= 15 is 0 Å². The summed E-state index contributed by atoms with van der Waals surface area (Å²) < 4.78 is 83.9. The van der Waals surface area contributed by atoms with Gasteiger partial charge in [-0.15, -0.1) is 0 Å². The SMILES string of the molecule is N#C/C=c1\c(C#N)cn2c(C(F)(F)F)c3/c(=N/C#N)c(C#N)cn-3c(C(F)(F)F)c12. The molecule has 0 saturated heterocycles. The summed E-state index contributed by atoms with van der Waals surface area (Å²) in [6, 6.07) is 4.28. The Morgan fingerprint density at radius 2 is 1.47 bits per heavy atom. The van der Waals surface area contributed by atoms with Crippen LogP contribution in [-0.4, -0.2) is 8.97 Å². The van der Waals surface area contributed by atoms with Crippen molar-refractivity contribution in [3.63, 3.8) is 0 Å². The van der Waals surface area contributed by atoms with Gasteiger partial charge in [-0.05, 0) is 0 Å². The van der Waals surface area contributed by atoms with Gasteiger partial charge in [0.2, 0.25) is 6.19 Å². The molecule has 0 aromatic carbocycles. The highest BCUT2D eigenvalue weighted by Crippen LogP contribution is 2.40. The molecule has 0 atom stereocenters. The molecule has 0 spiro atoms. The number of rotatable bonds is 0. The number of hydrogen-bond acceptors (Lipinski definition) is 5. The van der Waals surface area contributed by atoms with Gasteiger partial charge in [0.1, 0.15) is 23.2 Å². The first kappa shape index (κ1) is 20.2. The minimum atomic E-state index is -5.29. The van der Waals surface area contributed by atoms with Gasteiger partial charge < -0.3 is 8.97 Å². The van der Waals surface area contributed by atoms with E-state index in [9.17, 15) is 31.6 Å². The van der Waals surface area contributed by atoms with Crippen molar-refractivity contribution in [3.8, 4) is 30.1 Å². The Hall–Kier alpha value is -4.49. The number of alkyl halides is 6. The lowest BCUT2D eigenvalue weighted by Crippen LogP contribution is -2.28. The monoisotopic (exact) mass is 419 g/mol. The second kappa shape index (κ2) is 6.54. The zero-order valence-electron chi connectivity index (χ0n) is 14.1. The lowest BCUT2D eigenvalue weighted by Gasteiger charge is -2.22. The third-order valence-corrected chi connectivity index (χ3v) is 4.10. The van der Waals surface area contributed by atoms with E-state index < -0.39 is 56.6 Å². The Kier molecular flexibility index (Phi) is 4.41. The van der Waals surface area contributed by atoms with Crippen LogP contribution in [0.3, 0.4) is 0 Å². The lowest BCUT2D eigenvalue weighted by atomic mass is 10.2. The van der Waals surface area contributed by atoms with Crippen LogP contribution in [0.15, 0.2) is 17.4 Å². The van der Waals surface area contributed by atoms with Gasteiger partial charge in [0.15, 0.2) is 11.4 Å². The molecule has 3 rings (SSSR count). The molecule has 0 saturated carbocycles. The van der Waals surface area contributed by atoms with E-state index in [1.165, 1.54) is 24.4 Å². The molecule has 30 heavy (non-hydrogen) atoms. The summed E-state index contributed by atoms with van der Waals surface area (Å²) in [5.74, 6) is 0. The number of hydrogen-bond donors (Lipinski definition) is 0. The molecule has 7 nitrogen and oxygen atoms in total. The van der Waals surface area contributed by atoms with E-state index in [0.717, 1.165) is 0 Å². The van der Waals surface area contributed by atoms with Crippen molar-refractivity contribution in [2.24, 2.45) is 4.99 Å². The number of fused-ring (bicyclic) bond motifs is 2. The summed E-state index contributed by atoms with van der Waals surface area (Å²) in [4.78, 5) is 3.11. The van der Waals surface area contributed by atoms with Crippen LogP contribution in [0.1, 0.15) is 22.5 Å². The Morgan fingerprint density at radius 1 is 0.867 bits per heavy atom. The van der Waals surface area contributed by atoms with Crippen LogP contribution in [-0.2, 0) is 12.4 Å². The fraction of sp³-hybridized carbons (Fsp3) is 0.118. The largest absolute Gasteiger partial charge is 0.433 e. The van der Waals surface area contributed by atoms with Crippen LogP contribution in [0.2, 0.25) is 0 Å². The van der Waals surface area contributed by atoms with Crippen molar-refractivity contribution < 1.29 is 26.3 Å². The van der Waals surface area contributed by atoms with Gasteiger partial charge in [-0.3, -0.25) is 0 Å². The molecule has 3 heterocycles. The van der Waals surface area contributed by atoms with Gasteiger partial charge in [-0.2, -0.15) is 52.4 Å². The molecule has 1 aromatic heterocycles. The average Bonchev–Trinajstić information content (AvgIpc) is 3.16. The third-order valence-electron chi connectivity index (χ3n) is 4.10. The van der Waals surface area contributed by atoms with E-state index in [2.05, 4.69) is 4.99 Å². The lowest BCUT2D eigenvalue weighted by molar-refractivity contribution is -0.147. The maximum Gasteiger partial charge on any atom is 0.433 e. The van der Waals surface area contributed by atoms with Gasteiger partial charge in [0, 0.05) is 23.7 Å². The Bertz CT molecular complexity index is 1440. The standard InChI is InChI=1S/C17H3F6N7/c18-16(19,20)14-12-10(1-2-24)8(3-25)5-29(12)15(17(21,22)23)13-11(28-7-27)9(4-26)6-30(13)14/h1,5-6H/b10-1+,28-11+. The summed E-state index contributed by atoms with van der Waals surface area (Å²) in [6.07, 6.45) is -7.90. The van der Waals surface area contributed by atoms with Crippen LogP contribution < -0.4 is 10.6 Å². The normalized spacial score (nSPS) is 13.3. The van der Waals surface area contributed by atoms with Gasteiger partial charge in [-0.1, -0.05) is 0 Å². The Labute approximate surface area is 161 Å². The van der Waals surface area contributed by atoms with Crippen molar-refractivity contribution in [3.05, 3.63) is 45.5 Å². The molecule has 0 N–H and O–H groups in total. The van der Waals surface area contributed by atoms with E-state index in [1.54, 1.807) is 0 Å². The molecular formula is C17H3F6N7. The minimum Gasteiger partial charge on any atom is -0.307 e. The molecule has 0 fully saturated rings. The van der Waals surface area contributed by atoms with Crippen molar-refractivity contribution in [2.75, 3.05) is 0 Å². The topological polar surface area (TPSA) is 117 Å². The fourth-order valence-corrected chi connectivity index (χ4v) is 3.15. The quantitative estimate of drug-likeness (QED) is 0.411. The number of halogens is 6. The summed E-state index contributed by atoms with van der Waals surface area (Å²) >= 11 is 0. The number of nitrogens with zero attached hydrogens (tertiary/aromatic N) is 7. The first-order valence-corrected chi connectivity index (χ1v) is 7.54. The van der Waals surface area contributed by atoms with E-state index in [4.69, 9.17) is 15.8 Å². The van der Waals surface area contributed by atoms with Gasteiger partial charge in [0.25, 0.3) is 0 Å². The van der Waals surface area contributed by atoms with Crippen molar-refractivity contribution >= 4 is 11.6 Å². The molecule has 13 heteroatoms. The molecule has 1 aromatic rings. The average molecular weight is 419 g/mol. The minimum absolute atomic E-state index is 0.0583. The molecule has 0 bridgehead atoms. The first-order chi connectivity index (χ1) is 14.0. The van der Waals surface area contributed by atoms with E-state index in [0.29, 0.717) is 18.5 Å². The van der Waals surface area contributed by atoms with E-state index in [1.807, 2.05) is 0 Å². The van der Waals surface area contributed by atoms with Crippen LogP contribution in [0.4, 0.5) is 26.3 Å². The molecule has 0 aliphatic carbocycles. The highest BCUT2D eigenvalue weighted by atomic mass is 19.4. The Balaban J connectivity index is 2.91. The molecule has 0 unspecified atom stereocenters. The zero-order chi connectivity index (χ0) is 22.4.